The van der Waals surface area contributed by atoms with Crippen molar-refractivity contribution < 1.29 is 9.13 Å². The van der Waals surface area contributed by atoms with Gasteiger partial charge in [0.2, 0.25) is 0 Å². The van der Waals surface area contributed by atoms with E-state index >= 15 is 0 Å². The lowest BCUT2D eigenvalue weighted by Gasteiger charge is -2.24. The monoisotopic (exact) mass is 364 g/mol. The number of nitrogens with zero attached hydrogens (tertiary/aromatic N) is 1. The van der Waals surface area contributed by atoms with Crippen molar-refractivity contribution in [3.63, 3.8) is 0 Å². The molecule has 1 saturated heterocycles. The fraction of sp³-hybridized carbons (Fsp3) is 0.304. The first-order valence-corrected chi connectivity index (χ1v) is 9.56. The van der Waals surface area contributed by atoms with Crippen LogP contribution in [0.15, 0.2) is 54.6 Å². The molecule has 0 spiro atoms. The van der Waals surface area contributed by atoms with Gasteiger partial charge in [-0.15, -0.1) is 0 Å². The van der Waals surface area contributed by atoms with E-state index < -0.39 is 0 Å². The van der Waals surface area contributed by atoms with Crippen LogP contribution in [0, 0.1) is 12.7 Å². The van der Waals surface area contributed by atoms with Crippen LogP contribution in [0.2, 0.25) is 0 Å². The molecule has 0 radical (unpaired) electrons. The normalized spacial score (nSPS) is 17.2. The van der Waals surface area contributed by atoms with E-state index in [1.165, 1.54) is 29.0 Å². The number of nitrogens with one attached hydrogen (secondary N) is 1. The van der Waals surface area contributed by atoms with Crippen LogP contribution in [-0.2, 0) is 11.2 Å². The Morgan fingerprint density at radius 2 is 1.85 bits per heavy atom. The molecule has 0 aliphatic carbocycles. The summed E-state index contributed by atoms with van der Waals surface area (Å²) in [5, 5.41) is 3.55. The summed E-state index contributed by atoms with van der Waals surface area (Å²) < 4.78 is 21.4. The summed E-state index contributed by atoms with van der Waals surface area (Å²) in [6.07, 6.45) is 1.02. The summed E-state index contributed by atoms with van der Waals surface area (Å²) in [6.45, 7) is 6.58. The van der Waals surface area contributed by atoms with E-state index in [-0.39, 0.29) is 11.9 Å². The fourth-order valence-electron chi connectivity index (χ4n) is 3.79. The predicted octanol–water partition coefficient (Wildman–Crippen LogP) is 4.82. The van der Waals surface area contributed by atoms with Gasteiger partial charge < -0.3 is 14.6 Å². The summed E-state index contributed by atoms with van der Waals surface area (Å²) in [5.74, 6) is -0.219. The zero-order valence-electron chi connectivity index (χ0n) is 15.8. The molecule has 1 N–H and O–H groups in total. The third-order valence-electron chi connectivity index (χ3n) is 5.33. The Morgan fingerprint density at radius 1 is 1.11 bits per heavy atom. The molecule has 4 rings (SSSR count). The van der Waals surface area contributed by atoms with Crippen LogP contribution in [-0.4, -0.2) is 24.3 Å². The van der Waals surface area contributed by atoms with Crippen molar-refractivity contribution in [1.82, 2.24) is 9.88 Å². The van der Waals surface area contributed by atoms with E-state index in [2.05, 4.69) is 54.1 Å². The molecule has 1 aliphatic rings. The molecule has 1 aromatic heterocycles. The van der Waals surface area contributed by atoms with E-state index in [1.807, 2.05) is 12.1 Å². The molecule has 0 saturated carbocycles. The van der Waals surface area contributed by atoms with Gasteiger partial charge in [-0.05, 0) is 72.5 Å². The highest BCUT2D eigenvalue weighted by atomic mass is 19.1. The van der Waals surface area contributed by atoms with Crippen molar-refractivity contribution >= 4 is 0 Å². The second-order valence-electron chi connectivity index (χ2n) is 7.01. The molecule has 1 fully saturated rings. The molecular formula is C23H25FN2O. The standard InChI is InChI=1S/C23H25FN2O/c1-3-17-4-10-20(11-5-17)26-16(2)21(22-15-27-13-12-25-22)14-23(26)18-6-8-19(24)9-7-18/h4-11,14,22,25H,3,12-13,15H2,1-2H3. The van der Waals surface area contributed by atoms with Crippen LogP contribution in [0.5, 0.6) is 0 Å². The average Bonchev–Trinajstić information content (AvgIpc) is 3.06. The van der Waals surface area contributed by atoms with E-state index in [1.54, 1.807) is 0 Å². The number of rotatable bonds is 4. The minimum Gasteiger partial charge on any atom is -0.378 e. The number of benzene rings is 2. The Balaban J connectivity index is 1.85. The molecule has 4 heteroatoms. The SMILES string of the molecule is CCc1ccc(-n2c(-c3ccc(F)cc3)cc(C3COCCN3)c2C)cc1. The minimum absolute atomic E-state index is 0.175. The Bertz CT molecular complexity index is 907. The third kappa shape index (κ3) is 3.55. The highest BCUT2D eigenvalue weighted by Gasteiger charge is 2.23. The van der Waals surface area contributed by atoms with E-state index in [0.717, 1.165) is 36.5 Å². The lowest BCUT2D eigenvalue weighted by Crippen LogP contribution is -2.34. The number of ether oxygens (including phenoxy) is 1. The van der Waals surface area contributed by atoms with E-state index in [0.29, 0.717) is 6.61 Å². The zero-order chi connectivity index (χ0) is 18.8. The molecule has 0 bridgehead atoms. The highest BCUT2D eigenvalue weighted by molar-refractivity contribution is 5.66. The number of hydrogen-bond acceptors (Lipinski definition) is 2. The number of aryl methyl sites for hydroxylation is 1. The van der Waals surface area contributed by atoms with Crippen LogP contribution in [0.4, 0.5) is 4.39 Å². The first-order valence-electron chi connectivity index (χ1n) is 9.56. The smallest absolute Gasteiger partial charge is 0.123 e. The lowest BCUT2D eigenvalue weighted by molar-refractivity contribution is 0.0767. The van der Waals surface area contributed by atoms with Crippen molar-refractivity contribution in [2.75, 3.05) is 19.8 Å². The highest BCUT2D eigenvalue weighted by Crippen LogP contribution is 2.33. The van der Waals surface area contributed by atoms with Gasteiger partial charge in [0.25, 0.3) is 0 Å². The second-order valence-corrected chi connectivity index (χ2v) is 7.01. The quantitative estimate of drug-likeness (QED) is 0.719. The molecule has 27 heavy (non-hydrogen) atoms. The van der Waals surface area contributed by atoms with Crippen LogP contribution < -0.4 is 5.32 Å². The number of morpholine rings is 1. The van der Waals surface area contributed by atoms with Crippen molar-refractivity contribution in [2.24, 2.45) is 0 Å². The Kier molecular flexibility index (Phi) is 5.10. The summed E-state index contributed by atoms with van der Waals surface area (Å²) >= 11 is 0. The van der Waals surface area contributed by atoms with E-state index in [9.17, 15) is 4.39 Å². The maximum atomic E-state index is 13.5. The Labute approximate surface area is 159 Å². The summed E-state index contributed by atoms with van der Waals surface area (Å²) in [6, 6.07) is 17.8. The Morgan fingerprint density at radius 3 is 2.48 bits per heavy atom. The third-order valence-corrected chi connectivity index (χ3v) is 5.33. The molecule has 140 valence electrons. The minimum atomic E-state index is -0.219. The molecule has 3 nitrogen and oxygen atoms in total. The van der Waals surface area contributed by atoms with Gasteiger partial charge in [-0.3, -0.25) is 0 Å². The molecule has 1 atom stereocenters. The van der Waals surface area contributed by atoms with Gasteiger partial charge in [0.15, 0.2) is 0 Å². The van der Waals surface area contributed by atoms with Crippen molar-refractivity contribution in [3.05, 3.63) is 77.2 Å². The summed E-state index contributed by atoms with van der Waals surface area (Å²) in [5.41, 5.74) is 6.91. The molecule has 1 unspecified atom stereocenters. The van der Waals surface area contributed by atoms with E-state index in [4.69, 9.17) is 4.74 Å². The topological polar surface area (TPSA) is 26.2 Å². The summed E-state index contributed by atoms with van der Waals surface area (Å²) in [4.78, 5) is 0. The van der Waals surface area contributed by atoms with Crippen LogP contribution >= 0.6 is 0 Å². The van der Waals surface area contributed by atoms with Gasteiger partial charge in [-0.25, -0.2) is 4.39 Å². The average molecular weight is 364 g/mol. The maximum absolute atomic E-state index is 13.5. The van der Waals surface area contributed by atoms with Gasteiger partial charge in [0, 0.05) is 17.9 Å². The first-order chi connectivity index (χ1) is 13.2. The molecule has 0 amide bonds. The van der Waals surface area contributed by atoms with Crippen molar-refractivity contribution in [3.8, 4) is 16.9 Å². The second kappa shape index (κ2) is 7.67. The molecule has 2 aromatic carbocycles. The maximum Gasteiger partial charge on any atom is 0.123 e. The molecular weight excluding hydrogens is 339 g/mol. The van der Waals surface area contributed by atoms with Crippen LogP contribution in [0.25, 0.3) is 16.9 Å². The van der Waals surface area contributed by atoms with Crippen molar-refractivity contribution in [2.45, 2.75) is 26.3 Å². The van der Waals surface area contributed by atoms with Gasteiger partial charge in [-0.1, -0.05) is 19.1 Å². The molecule has 2 heterocycles. The largest absolute Gasteiger partial charge is 0.378 e. The lowest BCUT2D eigenvalue weighted by atomic mass is 10.1. The van der Waals surface area contributed by atoms with Gasteiger partial charge in [0.05, 0.1) is 24.9 Å². The number of hydrogen-bond donors (Lipinski definition) is 1. The molecule has 1 aliphatic heterocycles. The Hall–Kier alpha value is -2.43. The van der Waals surface area contributed by atoms with Crippen LogP contribution in [0.1, 0.15) is 29.8 Å². The number of aromatic nitrogens is 1. The summed E-state index contributed by atoms with van der Waals surface area (Å²) in [7, 11) is 0. The van der Waals surface area contributed by atoms with Gasteiger partial charge >= 0.3 is 0 Å². The fourth-order valence-corrected chi connectivity index (χ4v) is 3.79. The predicted molar refractivity (Wildman–Crippen MR) is 107 cm³/mol. The number of halogens is 1. The van der Waals surface area contributed by atoms with Crippen molar-refractivity contribution in [1.29, 1.82) is 0 Å². The molecule has 3 aromatic rings. The van der Waals surface area contributed by atoms with Gasteiger partial charge in [-0.2, -0.15) is 0 Å². The first kappa shape index (κ1) is 18.0. The van der Waals surface area contributed by atoms with Crippen LogP contribution in [0.3, 0.4) is 0 Å². The van der Waals surface area contributed by atoms with Gasteiger partial charge in [0.1, 0.15) is 5.82 Å². The zero-order valence-corrected chi connectivity index (χ0v) is 15.8.